The van der Waals surface area contributed by atoms with Gasteiger partial charge in [-0.3, -0.25) is 0 Å². The van der Waals surface area contributed by atoms with Crippen molar-refractivity contribution in [2.45, 2.75) is 10.6 Å². The molecule has 0 radical (unpaired) electrons. The monoisotopic (exact) mass is 338 g/mol. The number of benzene rings is 2. The third-order valence-corrected chi connectivity index (χ3v) is 4.91. The number of methoxy groups -OCH3 is 2. The minimum atomic E-state index is -3.71. The zero-order chi connectivity index (χ0) is 17.0. The zero-order valence-electron chi connectivity index (χ0n) is 12.6. The van der Waals surface area contributed by atoms with E-state index in [0.29, 0.717) is 5.56 Å². The van der Waals surface area contributed by atoms with Crippen LogP contribution in [0.5, 0.6) is 5.75 Å². The molecule has 0 aliphatic heterocycles. The second-order valence-corrected chi connectivity index (χ2v) is 6.69. The molecule has 2 aromatic rings. The van der Waals surface area contributed by atoms with E-state index in [1.54, 1.807) is 12.1 Å². The van der Waals surface area contributed by atoms with E-state index in [-0.39, 0.29) is 22.0 Å². The van der Waals surface area contributed by atoms with E-state index in [0.717, 1.165) is 12.1 Å². The Morgan fingerprint density at radius 2 is 1.74 bits per heavy atom. The average Bonchev–Trinajstić information content (AvgIpc) is 2.54. The molecule has 0 aromatic heterocycles. The van der Waals surface area contributed by atoms with Gasteiger partial charge in [-0.1, -0.05) is 12.1 Å². The molecule has 0 aliphatic carbocycles. The summed E-state index contributed by atoms with van der Waals surface area (Å²) >= 11 is 0. The number of esters is 1. The highest BCUT2D eigenvalue weighted by atomic mass is 32.2. The molecule has 0 amide bonds. The van der Waals surface area contributed by atoms with Gasteiger partial charge in [0.05, 0.1) is 24.9 Å². The number of carbonyl (C=O) groups is 1. The molecule has 0 bridgehead atoms. The van der Waals surface area contributed by atoms with Crippen LogP contribution in [0.25, 0.3) is 0 Å². The summed E-state index contributed by atoms with van der Waals surface area (Å²) in [6.07, 6.45) is 0. The van der Waals surface area contributed by atoms with E-state index in [9.17, 15) is 17.6 Å². The number of para-hydroxylation sites is 1. The molecule has 0 N–H and O–H groups in total. The minimum absolute atomic E-state index is 0.00979. The zero-order valence-corrected chi connectivity index (χ0v) is 13.4. The van der Waals surface area contributed by atoms with E-state index >= 15 is 0 Å². The van der Waals surface area contributed by atoms with E-state index < -0.39 is 21.6 Å². The minimum Gasteiger partial charge on any atom is -0.496 e. The van der Waals surface area contributed by atoms with Gasteiger partial charge in [0, 0.05) is 5.56 Å². The number of ether oxygens (including phenoxy) is 2. The van der Waals surface area contributed by atoms with Gasteiger partial charge in [-0.25, -0.2) is 17.6 Å². The van der Waals surface area contributed by atoms with Crippen LogP contribution in [-0.4, -0.2) is 28.6 Å². The topological polar surface area (TPSA) is 69.7 Å². The second-order valence-electron chi connectivity index (χ2n) is 4.70. The second kappa shape index (κ2) is 6.78. The van der Waals surface area contributed by atoms with Gasteiger partial charge in [0.1, 0.15) is 17.1 Å². The SMILES string of the molecule is COC(=O)c1cccc(CS(=O)(=O)c2ccc(F)cc2)c1OC. The molecule has 0 spiro atoms. The van der Waals surface area contributed by atoms with Gasteiger partial charge in [-0.15, -0.1) is 0 Å². The summed E-state index contributed by atoms with van der Waals surface area (Å²) in [6, 6.07) is 9.13. The van der Waals surface area contributed by atoms with Crippen LogP contribution in [0.2, 0.25) is 0 Å². The summed E-state index contributed by atoms with van der Waals surface area (Å²) in [4.78, 5) is 11.7. The number of hydrogen-bond acceptors (Lipinski definition) is 5. The van der Waals surface area contributed by atoms with Crippen LogP contribution >= 0.6 is 0 Å². The van der Waals surface area contributed by atoms with Crippen molar-refractivity contribution in [2.75, 3.05) is 14.2 Å². The van der Waals surface area contributed by atoms with Gasteiger partial charge in [0.15, 0.2) is 9.84 Å². The van der Waals surface area contributed by atoms with Crippen LogP contribution < -0.4 is 4.74 Å². The summed E-state index contributed by atoms with van der Waals surface area (Å²) < 4.78 is 47.6. The van der Waals surface area contributed by atoms with Gasteiger partial charge in [-0.05, 0) is 30.3 Å². The molecule has 0 fully saturated rings. The largest absolute Gasteiger partial charge is 0.496 e. The molecule has 7 heteroatoms. The Balaban J connectivity index is 2.43. The normalized spacial score (nSPS) is 11.1. The lowest BCUT2D eigenvalue weighted by Crippen LogP contribution is -2.10. The van der Waals surface area contributed by atoms with Crippen LogP contribution in [0.1, 0.15) is 15.9 Å². The molecule has 0 unspecified atom stereocenters. The summed E-state index contributed by atoms with van der Waals surface area (Å²) in [5.41, 5.74) is 0.460. The van der Waals surface area contributed by atoms with Crippen molar-refractivity contribution in [1.29, 1.82) is 0 Å². The van der Waals surface area contributed by atoms with Crippen LogP contribution in [0.3, 0.4) is 0 Å². The van der Waals surface area contributed by atoms with Crippen molar-refractivity contribution < 1.29 is 27.1 Å². The molecular formula is C16H15FO5S. The fourth-order valence-corrected chi connectivity index (χ4v) is 3.49. The number of rotatable bonds is 5. The van der Waals surface area contributed by atoms with Crippen molar-refractivity contribution >= 4 is 15.8 Å². The summed E-state index contributed by atoms with van der Waals surface area (Å²) in [5, 5.41) is 0. The number of halogens is 1. The molecule has 0 saturated heterocycles. The molecule has 5 nitrogen and oxygen atoms in total. The third-order valence-electron chi connectivity index (χ3n) is 3.22. The van der Waals surface area contributed by atoms with E-state index in [2.05, 4.69) is 4.74 Å². The first-order valence-corrected chi connectivity index (χ1v) is 8.27. The van der Waals surface area contributed by atoms with Gasteiger partial charge < -0.3 is 9.47 Å². The first kappa shape index (κ1) is 17.0. The standard InChI is InChI=1S/C16H15FO5S/c1-21-15-11(4-3-5-14(15)16(18)22-2)10-23(19,20)13-8-6-12(17)7-9-13/h3-9H,10H2,1-2H3. The summed E-state index contributed by atoms with van der Waals surface area (Å²) in [6.45, 7) is 0. The Bertz CT molecular complexity index is 813. The molecule has 0 saturated carbocycles. The Morgan fingerprint density at radius 1 is 1.09 bits per heavy atom. The van der Waals surface area contributed by atoms with E-state index in [1.807, 2.05) is 0 Å². The smallest absolute Gasteiger partial charge is 0.341 e. The first-order valence-electron chi connectivity index (χ1n) is 6.61. The highest BCUT2D eigenvalue weighted by Gasteiger charge is 2.22. The molecule has 0 atom stereocenters. The molecule has 2 aromatic carbocycles. The molecular weight excluding hydrogens is 323 g/mol. The summed E-state index contributed by atoms with van der Waals surface area (Å²) in [7, 11) is -1.14. The van der Waals surface area contributed by atoms with Gasteiger partial charge in [-0.2, -0.15) is 0 Å². The maximum Gasteiger partial charge on any atom is 0.341 e. The van der Waals surface area contributed by atoms with Crippen LogP contribution in [0, 0.1) is 5.82 Å². The van der Waals surface area contributed by atoms with Crippen LogP contribution in [0.4, 0.5) is 4.39 Å². The van der Waals surface area contributed by atoms with Crippen LogP contribution in [0.15, 0.2) is 47.4 Å². The molecule has 23 heavy (non-hydrogen) atoms. The fourth-order valence-electron chi connectivity index (χ4n) is 2.14. The maximum absolute atomic E-state index is 12.9. The van der Waals surface area contributed by atoms with Crippen molar-refractivity contribution in [1.82, 2.24) is 0 Å². The van der Waals surface area contributed by atoms with Gasteiger partial charge >= 0.3 is 5.97 Å². The highest BCUT2D eigenvalue weighted by molar-refractivity contribution is 7.90. The van der Waals surface area contributed by atoms with Crippen molar-refractivity contribution in [3.05, 3.63) is 59.4 Å². The third kappa shape index (κ3) is 3.68. The Hall–Kier alpha value is -2.41. The Kier molecular flexibility index (Phi) is 5.00. The number of carbonyl (C=O) groups excluding carboxylic acids is 1. The lowest BCUT2D eigenvalue weighted by atomic mass is 10.1. The lowest BCUT2D eigenvalue weighted by molar-refractivity contribution is 0.0597. The quantitative estimate of drug-likeness (QED) is 0.619. The molecule has 0 heterocycles. The maximum atomic E-state index is 12.9. The highest BCUT2D eigenvalue weighted by Crippen LogP contribution is 2.28. The van der Waals surface area contributed by atoms with Crippen molar-refractivity contribution in [3.63, 3.8) is 0 Å². The molecule has 122 valence electrons. The van der Waals surface area contributed by atoms with E-state index in [1.165, 1.54) is 32.4 Å². The number of hydrogen-bond donors (Lipinski definition) is 0. The predicted molar refractivity (Wildman–Crippen MR) is 81.6 cm³/mol. The number of sulfone groups is 1. The molecule has 0 aliphatic rings. The summed E-state index contributed by atoms with van der Waals surface area (Å²) in [5.74, 6) is -1.38. The Labute approximate surface area is 133 Å². The molecule has 2 rings (SSSR count). The fraction of sp³-hybridized carbons (Fsp3) is 0.188. The van der Waals surface area contributed by atoms with E-state index in [4.69, 9.17) is 4.74 Å². The van der Waals surface area contributed by atoms with Crippen LogP contribution in [-0.2, 0) is 20.3 Å². The lowest BCUT2D eigenvalue weighted by Gasteiger charge is -2.12. The Morgan fingerprint density at radius 3 is 2.30 bits per heavy atom. The average molecular weight is 338 g/mol. The van der Waals surface area contributed by atoms with Crippen molar-refractivity contribution in [3.8, 4) is 5.75 Å². The first-order chi connectivity index (χ1) is 10.9. The predicted octanol–water partition coefficient (Wildman–Crippen LogP) is 2.59. The van der Waals surface area contributed by atoms with Gasteiger partial charge in [0.2, 0.25) is 0 Å². The van der Waals surface area contributed by atoms with Crippen molar-refractivity contribution in [2.24, 2.45) is 0 Å². The van der Waals surface area contributed by atoms with Gasteiger partial charge in [0.25, 0.3) is 0 Å².